The molecule has 0 aliphatic carbocycles. The number of rotatable bonds is 18. The number of amides is 5. The fraction of sp³-hybridized carbons (Fsp3) is 0.632. The molecule has 15 N–H and O–H groups in total. The van der Waals surface area contributed by atoms with E-state index in [1.807, 2.05) is 0 Å². The molecule has 0 aromatic heterocycles. The van der Waals surface area contributed by atoms with Gasteiger partial charge >= 0.3 is 5.97 Å². The van der Waals surface area contributed by atoms with Gasteiger partial charge in [0.25, 0.3) is 0 Å². The minimum atomic E-state index is -1.52. The molecule has 17 heteroatoms. The SMILES string of the molecule is NC(=O)CCC(N)C(=O)NC(CO)C(=O)NC(CCCN=C(N)N)C(=O)NC(CCC(N)=O)C(=O)O. The molecular formula is C19H35N9O8. The molecule has 0 bridgehead atoms. The molecular weight excluding hydrogens is 482 g/mol. The maximum atomic E-state index is 12.8. The lowest BCUT2D eigenvalue weighted by molar-refractivity contribution is -0.142. The van der Waals surface area contributed by atoms with Crippen molar-refractivity contribution in [2.45, 2.75) is 62.7 Å². The Kier molecular flexibility index (Phi) is 14.8. The fourth-order valence-electron chi connectivity index (χ4n) is 2.76. The first-order chi connectivity index (χ1) is 16.8. The van der Waals surface area contributed by atoms with Crippen LogP contribution in [0.2, 0.25) is 0 Å². The van der Waals surface area contributed by atoms with Crippen LogP contribution in [0.4, 0.5) is 0 Å². The first-order valence-electron chi connectivity index (χ1n) is 10.9. The van der Waals surface area contributed by atoms with Crippen molar-refractivity contribution in [1.29, 1.82) is 0 Å². The summed E-state index contributed by atoms with van der Waals surface area (Å²) in [5.74, 6) is -5.82. The minimum Gasteiger partial charge on any atom is -0.480 e. The van der Waals surface area contributed by atoms with Crippen LogP contribution in [0.3, 0.4) is 0 Å². The van der Waals surface area contributed by atoms with Gasteiger partial charge in [-0.3, -0.25) is 29.0 Å². The lowest BCUT2D eigenvalue weighted by Gasteiger charge is -2.24. The van der Waals surface area contributed by atoms with Gasteiger partial charge in [-0.25, -0.2) is 4.79 Å². The Morgan fingerprint density at radius 1 is 0.722 bits per heavy atom. The quantitative estimate of drug-likeness (QED) is 0.0464. The third-order valence-electron chi connectivity index (χ3n) is 4.73. The van der Waals surface area contributed by atoms with Crippen molar-refractivity contribution in [3.8, 4) is 0 Å². The summed E-state index contributed by atoms with van der Waals surface area (Å²) < 4.78 is 0. The summed E-state index contributed by atoms with van der Waals surface area (Å²) in [5, 5.41) is 25.6. The zero-order chi connectivity index (χ0) is 27.8. The number of aliphatic hydroxyl groups is 1. The van der Waals surface area contributed by atoms with Crippen molar-refractivity contribution in [2.24, 2.45) is 33.7 Å². The summed E-state index contributed by atoms with van der Waals surface area (Å²) in [5.41, 5.74) is 26.2. The summed E-state index contributed by atoms with van der Waals surface area (Å²) >= 11 is 0. The Bertz CT molecular complexity index is 832. The summed E-state index contributed by atoms with van der Waals surface area (Å²) in [7, 11) is 0. The predicted molar refractivity (Wildman–Crippen MR) is 125 cm³/mol. The number of carboxylic acids is 1. The Balaban J connectivity index is 5.41. The van der Waals surface area contributed by atoms with Gasteiger partial charge in [0.05, 0.1) is 12.6 Å². The van der Waals surface area contributed by atoms with Crippen molar-refractivity contribution < 1.29 is 39.0 Å². The molecule has 36 heavy (non-hydrogen) atoms. The van der Waals surface area contributed by atoms with E-state index in [-0.39, 0.29) is 51.0 Å². The lowest BCUT2D eigenvalue weighted by Crippen LogP contribution is -2.58. The average molecular weight is 518 g/mol. The van der Waals surface area contributed by atoms with Crippen molar-refractivity contribution in [2.75, 3.05) is 13.2 Å². The highest BCUT2D eigenvalue weighted by molar-refractivity contribution is 5.94. The smallest absolute Gasteiger partial charge is 0.326 e. The van der Waals surface area contributed by atoms with Crippen molar-refractivity contribution >= 4 is 41.5 Å². The van der Waals surface area contributed by atoms with Crippen LogP contribution in [-0.2, 0) is 28.8 Å². The molecule has 0 heterocycles. The number of nitrogens with two attached hydrogens (primary N) is 5. The lowest BCUT2D eigenvalue weighted by atomic mass is 10.1. The van der Waals surface area contributed by atoms with Gasteiger partial charge in [0.1, 0.15) is 18.1 Å². The van der Waals surface area contributed by atoms with E-state index in [0.29, 0.717) is 0 Å². The number of nitrogens with zero attached hydrogens (tertiary/aromatic N) is 1. The van der Waals surface area contributed by atoms with Crippen LogP contribution in [0.15, 0.2) is 4.99 Å². The maximum Gasteiger partial charge on any atom is 0.326 e. The van der Waals surface area contributed by atoms with E-state index in [9.17, 15) is 39.0 Å². The summed E-state index contributed by atoms with van der Waals surface area (Å²) in [6, 6.07) is -5.51. The second-order valence-electron chi connectivity index (χ2n) is 7.77. The molecule has 0 saturated heterocycles. The van der Waals surface area contributed by atoms with Gasteiger partial charge < -0.3 is 54.8 Å². The number of aliphatic hydroxyl groups excluding tert-OH is 1. The predicted octanol–water partition coefficient (Wildman–Crippen LogP) is -5.57. The van der Waals surface area contributed by atoms with Crippen LogP contribution in [0.5, 0.6) is 0 Å². The number of carboxylic acid groups (broad SMARTS) is 1. The van der Waals surface area contributed by atoms with Gasteiger partial charge in [-0.15, -0.1) is 0 Å². The molecule has 0 aliphatic heterocycles. The number of carbonyl (C=O) groups is 6. The molecule has 4 unspecified atom stereocenters. The highest BCUT2D eigenvalue weighted by atomic mass is 16.4. The number of aliphatic imine (C=N–C) groups is 1. The van der Waals surface area contributed by atoms with Gasteiger partial charge in [0, 0.05) is 19.4 Å². The Morgan fingerprint density at radius 2 is 1.22 bits per heavy atom. The van der Waals surface area contributed by atoms with Gasteiger partial charge in [-0.05, 0) is 25.7 Å². The van der Waals surface area contributed by atoms with Gasteiger partial charge in [-0.1, -0.05) is 0 Å². The Morgan fingerprint density at radius 3 is 1.72 bits per heavy atom. The van der Waals surface area contributed by atoms with Crippen molar-refractivity contribution in [1.82, 2.24) is 16.0 Å². The van der Waals surface area contributed by atoms with E-state index < -0.39 is 66.3 Å². The molecule has 0 radical (unpaired) electrons. The van der Waals surface area contributed by atoms with Crippen LogP contribution >= 0.6 is 0 Å². The number of primary amides is 2. The summed E-state index contributed by atoms with van der Waals surface area (Å²) in [6.07, 6.45) is -0.747. The molecule has 0 aromatic rings. The first-order valence-corrected chi connectivity index (χ1v) is 10.9. The molecule has 0 saturated carbocycles. The number of hydrogen-bond acceptors (Lipinski definition) is 9. The normalized spacial score (nSPS) is 13.8. The highest BCUT2D eigenvalue weighted by Crippen LogP contribution is 2.04. The maximum absolute atomic E-state index is 12.8. The van der Waals surface area contributed by atoms with E-state index in [1.165, 1.54) is 0 Å². The topological polar surface area (TPSA) is 321 Å². The minimum absolute atomic E-state index is 0.0548. The number of hydrogen-bond donors (Lipinski definition) is 10. The molecule has 17 nitrogen and oxygen atoms in total. The van der Waals surface area contributed by atoms with Gasteiger partial charge in [0.2, 0.25) is 29.5 Å². The first kappa shape index (κ1) is 32.0. The molecule has 5 amide bonds. The van der Waals surface area contributed by atoms with Crippen LogP contribution < -0.4 is 44.6 Å². The molecule has 0 fully saturated rings. The van der Waals surface area contributed by atoms with E-state index in [0.717, 1.165) is 0 Å². The molecule has 0 spiro atoms. The molecule has 0 aromatic carbocycles. The van der Waals surface area contributed by atoms with Crippen LogP contribution in [0.1, 0.15) is 38.5 Å². The molecule has 4 atom stereocenters. The fourth-order valence-corrected chi connectivity index (χ4v) is 2.76. The number of nitrogens with one attached hydrogen (secondary N) is 3. The standard InChI is InChI=1S/C19H35N9O8/c20-9(3-5-13(21)30)15(32)28-12(8-29)17(34)26-10(2-1-7-25-19(23)24)16(33)27-11(18(35)36)4-6-14(22)31/h9-12,29H,1-8,20H2,(H2,21,30)(H2,22,31)(H,26,34)(H,27,33)(H,28,32)(H,35,36)(H4,23,24,25). The third-order valence-corrected chi connectivity index (χ3v) is 4.73. The number of aliphatic carboxylic acids is 1. The molecule has 0 rings (SSSR count). The largest absolute Gasteiger partial charge is 0.480 e. The van der Waals surface area contributed by atoms with Gasteiger partial charge in [0.15, 0.2) is 5.96 Å². The summed E-state index contributed by atoms with van der Waals surface area (Å²) in [6.45, 7) is -0.778. The summed E-state index contributed by atoms with van der Waals surface area (Å²) in [4.78, 5) is 74.6. The monoisotopic (exact) mass is 517 g/mol. The van der Waals surface area contributed by atoms with Crippen LogP contribution in [-0.4, -0.2) is 89.0 Å². The van der Waals surface area contributed by atoms with E-state index in [2.05, 4.69) is 20.9 Å². The second-order valence-corrected chi connectivity index (χ2v) is 7.77. The molecule has 204 valence electrons. The average Bonchev–Trinajstić information content (AvgIpc) is 2.79. The van der Waals surface area contributed by atoms with E-state index in [4.69, 9.17) is 28.7 Å². The second kappa shape index (κ2) is 16.6. The van der Waals surface area contributed by atoms with Crippen molar-refractivity contribution in [3.05, 3.63) is 0 Å². The third kappa shape index (κ3) is 13.7. The zero-order valence-electron chi connectivity index (χ0n) is 19.6. The van der Waals surface area contributed by atoms with Crippen molar-refractivity contribution in [3.63, 3.8) is 0 Å². The van der Waals surface area contributed by atoms with Crippen LogP contribution in [0, 0.1) is 0 Å². The van der Waals surface area contributed by atoms with E-state index >= 15 is 0 Å². The number of carbonyl (C=O) groups excluding carboxylic acids is 5. The zero-order valence-corrected chi connectivity index (χ0v) is 19.6. The van der Waals surface area contributed by atoms with E-state index in [1.54, 1.807) is 0 Å². The highest BCUT2D eigenvalue weighted by Gasteiger charge is 2.30. The Labute approximate surface area is 206 Å². The van der Waals surface area contributed by atoms with Gasteiger partial charge in [-0.2, -0.15) is 0 Å². The Hall–Kier alpha value is -3.99. The van der Waals surface area contributed by atoms with Crippen LogP contribution in [0.25, 0.3) is 0 Å². The molecule has 0 aliphatic rings. The number of guanidine groups is 1.